The standard InChI is InChI=1S/C12H27B.C9H12BrN.Li.H/c1-7-10(4)13(11(5)8-2)12(6)9-3;1-6-5-8(10)3-4-9(6)7(2)11;;/h10-12H,7-9H2,1-6H3;3-5,7H,11H2,1-2H3;;/t;7-;;/m.0../s1. The number of nitrogens with two attached hydrogens (primary N) is 1. The summed E-state index contributed by atoms with van der Waals surface area (Å²) in [5.41, 5.74) is 8.21. The number of hydrogen-bond donors (Lipinski definition) is 1. The van der Waals surface area contributed by atoms with Gasteiger partial charge in [-0.15, -0.1) is 0 Å². The minimum atomic E-state index is 0. The second-order valence-electron chi connectivity index (χ2n) is 7.52. The number of aryl methyl sites for hydroxylation is 1. The van der Waals surface area contributed by atoms with Crippen LogP contribution in [0.3, 0.4) is 0 Å². The molecule has 0 aliphatic heterocycles. The van der Waals surface area contributed by atoms with Gasteiger partial charge in [0.1, 0.15) is 6.71 Å². The summed E-state index contributed by atoms with van der Waals surface area (Å²) in [7, 11) is 0. The van der Waals surface area contributed by atoms with Crippen LogP contribution >= 0.6 is 15.9 Å². The predicted octanol–water partition coefficient (Wildman–Crippen LogP) is 7.01. The first-order valence-electron chi connectivity index (χ1n) is 9.70. The SMILES string of the molecule is CCC(C)B(C(C)CC)C(C)CC.Cc1cc(Br)ccc1[C@H](C)N.[LiH]. The van der Waals surface area contributed by atoms with E-state index in [9.17, 15) is 0 Å². The van der Waals surface area contributed by atoms with E-state index in [0.29, 0.717) is 0 Å². The molecule has 0 aliphatic carbocycles. The van der Waals surface area contributed by atoms with Gasteiger partial charge < -0.3 is 5.73 Å². The van der Waals surface area contributed by atoms with E-state index in [2.05, 4.69) is 76.5 Å². The second kappa shape index (κ2) is 14.4. The van der Waals surface area contributed by atoms with Gasteiger partial charge in [-0.05, 0) is 37.1 Å². The van der Waals surface area contributed by atoms with Crippen LogP contribution in [0.2, 0.25) is 17.5 Å². The molecule has 0 heterocycles. The van der Waals surface area contributed by atoms with Gasteiger partial charge in [0.25, 0.3) is 0 Å². The van der Waals surface area contributed by atoms with Crippen molar-refractivity contribution in [3.63, 3.8) is 0 Å². The Kier molecular flexibility index (Phi) is 15.9. The fourth-order valence-corrected chi connectivity index (χ4v) is 4.12. The molecule has 25 heavy (non-hydrogen) atoms. The van der Waals surface area contributed by atoms with Crippen molar-refractivity contribution >= 4 is 41.5 Å². The van der Waals surface area contributed by atoms with Crippen LogP contribution in [0.25, 0.3) is 0 Å². The normalized spacial score (nSPS) is 15.1. The predicted molar refractivity (Wildman–Crippen MR) is 124 cm³/mol. The number of halogens is 1. The zero-order valence-corrected chi connectivity index (χ0v) is 18.8. The molecule has 140 valence electrons. The summed E-state index contributed by atoms with van der Waals surface area (Å²) in [6.07, 6.45) is 4.00. The summed E-state index contributed by atoms with van der Waals surface area (Å²) in [5, 5.41) is 0. The molecule has 0 bridgehead atoms. The van der Waals surface area contributed by atoms with Gasteiger partial charge in [0.05, 0.1) is 0 Å². The molecule has 1 aromatic rings. The molecule has 0 aromatic heterocycles. The first kappa shape index (κ1) is 27.5. The van der Waals surface area contributed by atoms with E-state index >= 15 is 0 Å². The molecule has 0 amide bonds. The Hall–Kier alpha value is 0.322. The van der Waals surface area contributed by atoms with Crippen LogP contribution in [-0.4, -0.2) is 25.6 Å². The van der Waals surface area contributed by atoms with Crippen LogP contribution in [0.15, 0.2) is 22.7 Å². The van der Waals surface area contributed by atoms with E-state index in [4.69, 9.17) is 5.73 Å². The molecule has 0 fully saturated rings. The number of hydrogen-bond acceptors (Lipinski definition) is 1. The van der Waals surface area contributed by atoms with Gasteiger partial charge in [-0.1, -0.05) is 100 Å². The average molecular weight is 404 g/mol. The summed E-state index contributed by atoms with van der Waals surface area (Å²) < 4.78 is 1.11. The fourth-order valence-electron chi connectivity index (χ4n) is 3.65. The minimum absolute atomic E-state index is 0. The summed E-state index contributed by atoms with van der Waals surface area (Å²) >= 11 is 3.40. The third-order valence-corrected chi connectivity index (χ3v) is 6.12. The monoisotopic (exact) mass is 403 g/mol. The van der Waals surface area contributed by atoms with Crippen molar-refractivity contribution in [3.8, 4) is 0 Å². The third kappa shape index (κ3) is 9.71. The van der Waals surface area contributed by atoms with Gasteiger partial charge >= 0.3 is 18.9 Å². The molecule has 4 heteroatoms. The molecule has 0 saturated carbocycles. The fraction of sp³-hybridized carbons (Fsp3) is 0.714. The summed E-state index contributed by atoms with van der Waals surface area (Å²) in [5.74, 6) is 2.68. The van der Waals surface area contributed by atoms with Gasteiger partial charge in [-0.25, -0.2) is 0 Å². The molecule has 0 saturated heterocycles. The van der Waals surface area contributed by atoms with Crippen molar-refractivity contribution in [2.45, 2.75) is 98.1 Å². The van der Waals surface area contributed by atoms with E-state index < -0.39 is 0 Å². The molecule has 1 rings (SSSR count). The first-order valence-corrected chi connectivity index (χ1v) is 10.5. The molecular formula is C21H40BBrLiN. The number of rotatable bonds is 7. The molecule has 2 N–H and O–H groups in total. The molecule has 1 nitrogen and oxygen atoms in total. The van der Waals surface area contributed by atoms with Gasteiger partial charge in [-0.3, -0.25) is 0 Å². The molecule has 0 aliphatic rings. The topological polar surface area (TPSA) is 26.0 Å². The van der Waals surface area contributed by atoms with Gasteiger partial charge in [0.2, 0.25) is 0 Å². The van der Waals surface area contributed by atoms with E-state index in [1.165, 1.54) is 30.4 Å². The van der Waals surface area contributed by atoms with Crippen LogP contribution in [-0.2, 0) is 0 Å². The number of benzene rings is 1. The van der Waals surface area contributed by atoms with Gasteiger partial charge in [0.15, 0.2) is 0 Å². The quantitative estimate of drug-likeness (QED) is 0.486. The molecule has 1 aromatic carbocycles. The van der Waals surface area contributed by atoms with Crippen LogP contribution in [0.4, 0.5) is 0 Å². The van der Waals surface area contributed by atoms with Crippen LogP contribution in [0, 0.1) is 6.92 Å². The molecule has 0 radical (unpaired) electrons. The van der Waals surface area contributed by atoms with Crippen molar-refractivity contribution < 1.29 is 0 Å². The Labute approximate surface area is 178 Å². The first-order chi connectivity index (χ1) is 11.2. The van der Waals surface area contributed by atoms with Crippen LogP contribution < -0.4 is 5.73 Å². The molecule has 3 unspecified atom stereocenters. The molecule has 0 spiro atoms. The molecule has 4 atom stereocenters. The zero-order valence-electron chi connectivity index (χ0n) is 17.2. The van der Waals surface area contributed by atoms with Crippen molar-refractivity contribution in [3.05, 3.63) is 33.8 Å². The maximum absolute atomic E-state index is 5.75. The zero-order chi connectivity index (χ0) is 18.9. The Bertz CT molecular complexity index is 443. The van der Waals surface area contributed by atoms with E-state index in [1.807, 2.05) is 13.0 Å². The third-order valence-electron chi connectivity index (χ3n) is 5.63. The van der Waals surface area contributed by atoms with Gasteiger partial charge in [0, 0.05) is 10.5 Å². The Balaban J connectivity index is 0. The van der Waals surface area contributed by atoms with Crippen molar-refractivity contribution in [1.29, 1.82) is 0 Å². The average Bonchev–Trinajstić information content (AvgIpc) is 2.54. The van der Waals surface area contributed by atoms with Crippen molar-refractivity contribution in [1.82, 2.24) is 0 Å². The van der Waals surface area contributed by atoms with Crippen molar-refractivity contribution in [2.75, 3.05) is 0 Å². The van der Waals surface area contributed by atoms with Crippen LogP contribution in [0.1, 0.15) is 84.9 Å². The van der Waals surface area contributed by atoms with Crippen molar-refractivity contribution in [2.24, 2.45) is 5.73 Å². The summed E-state index contributed by atoms with van der Waals surface area (Å²) in [4.78, 5) is 0. The van der Waals surface area contributed by atoms with Gasteiger partial charge in [-0.2, -0.15) is 0 Å². The molecular weight excluding hydrogens is 364 g/mol. The van der Waals surface area contributed by atoms with E-state index in [0.717, 1.165) is 28.6 Å². The van der Waals surface area contributed by atoms with Crippen LogP contribution in [0.5, 0.6) is 0 Å². The van der Waals surface area contributed by atoms with E-state index in [1.54, 1.807) is 0 Å². The van der Waals surface area contributed by atoms with E-state index in [-0.39, 0.29) is 24.9 Å². The summed E-state index contributed by atoms with van der Waals surface area (Å²) in [6, 6.07) is 6.29. The second-order valence-corrected chi connectivity index (χ2v) is 8.44. The maximum atomic E-state index is 5.75. The summed E-state index contributed by atoms with van der Waals surface area (Å²) in [6.45, 7) is 19.2. The Morgan fingerprint density at radius 1 is 0.920 bits per heavy atom. The Morgan fingerprint density at radius 2 is 1.32 bits per heavy atom. The Morgan fingerprint density at radius 3 is 1.60 bits per heavy atom.